The van der Waals surface area contributed by atoms with Crippen molar-refractivity contribution in [1.29, 1.82) is 0 Å². The van der Waals surface area contributed by atoms with Crippen LogP contribution in [0.25, 0.3) is 44.7 Å². The van der Waals surface area contributed by atoms with Gasteiger partial charge in [-0.1, -0.05) is 20.3 Å². The number of unbranched alkanes of at least 4 members (excludes halogenated alkanes) is 1. The summed E-state index contributed by atoms with van der Waals surface area (Å²) in [6.45, 7) is 21.6. The Hall–Kier alpha value is -6.48. The molecule has 4 fully saturated rings. The number of fused-ring (bicyclic) bond motifs is 4. The monoisotopic (exact) mass is 1560 g/mol. The third kappa shape index (κ3) is 20.3. The first-order chi connectivity index (χ1) is 49.8. The van der Waals surface area contributed by atoms with E-state index in [2.05, 4.69) is 161 Å². The maximum atomic E-state index is 12.3. The number of hydrogen-bond donors (Lipinski definition) is 14. The molecule has 16 atom stereocenters. The number of aliphatic hydroxyl groups excluding tert-OH is 7. The van der Waals surface area contributed by atoms with Crippen LogP contribution in [0.5, 0.6) is 0 Å². The van der Waals surface area contributed by atoms with Crippen molar-refractivity contribution in [2.24, 2.45) is 0 Å². The molecule has 0 unspecified atom stereocenters. The highest BCUT2D eigenvalue weighted by atomic mass is 31.2. The number of ether oxygens (including phenoxy) is 5. The number of aryl methyl sites for hydroxylation is 1. The van der Waals surface area contributed by atoms with Crippen molar-refractivity contribution in [2.75, 3.05) is 121 Å². The van der Waals surface area contributed by atoms with Gasteiger partial charge in [0.2, 0.25) is 17.8 Å². The van der Waals surface area contributed by atoms with Crippen LogP contribution >= 0.6 is 27.5 Å². The number of anilines is 3. The molecule has 106 heavy (non-hydrogen) atoms. The van der Waals surface area contributed by atoms with Gasteiger partial charge in [0.1, 0.15) is 54.7 Å². The number of hydrogen-bond acceptors (Lipinski definition) is 27. The lowest BCUT2D eigenvalue weighted by atomic mass is 10.1. The number of methoxy groups -OCH3 is 1. The van der Waals surface area contributed by atoms with Gasteiger partial charge in [-0.25, -0.2) is 24.9 Å². The van der Waals surface area contributed by atoms with Crippen molar-refractivity contribution < 1.29 is 59.4 Å². The average Bonchev–Trinajstić information content (AvgIpc) is 1.63. The van der Waals surface area contributed by atoms with Crippen molar-refractivity contribution in [3.8, 4) is 0 Å². The molecule has 4 aliphatic rings. The lowest BCUT2D eigenvalue weighted by molar-refractivity contribution is -0.0496. The van der Waals surface area contributed by atoms with E-state index in [0.717, 1.165) is 43.9 Å². The Labute approximate surface area is 614 Å². The summed E-state index contributed by atoms with van der Waals surface area (Å²) in [5, 5.41) is 82.4. The first-order valence-electron chi connectivity index (χ1n) is 35.5. The Morgan fingerprint density at radius 1 is 0.434 bits per heavy atom. The summed E-state index contributed by atoms with van der Waals surface area (Å²) < 4.78 is 35.6. The fraction of sp³-hybridized carbons (Fsp3) is 0.642. The quantitative estimate of drug-likeness (QED) is 0.0274. The number of nitrogens with one attached hydrogen (secondary N) is 7. The zero-order valence-electron chi connectivity index (χ0n) is 62.7. The fourth-order valence-corrected chi connectivity index (χ4v) is 16.4. The second-order valence-electron chi connectivity index (χ2n) is 30.1. The van der Waals surface area contributed by atoms with Gasteiger partial charge in [-0.2, -0.15) is 15.0 Å². The highest BCUT2D eigenvalue weighted by molar-refractivity contribution is 7.73. The largest absolute Gasteiger partial charge is 0.388 e. The van der Waals surface area contributed by atoms with Gasteiger partial charge in [-0.15, -0.1) is 52.7 Å². The Bertz CT molecular complexity index is 4760. The molecule has 0 radical (unpaired) electrons. The topological polar surface area (TPSA) is 478 Å². The molecule has 0 aromatic carbocycles. The van der Waals surface area contributed by atoms with Gasteiger partial charge in [0.25, 0.3) is 22.2 Å². The Morgan fingerprint density at radius 3 is 1.06 bits per heavy atom. The summed E-state index contributed by atoms with van der Waals surface area (Å²) in [6.07, 6.45) is 18.6. The van der Waals surface area contributed by atoms with E-state index in [1.165, 1.54) is 46.1 Å². The molecule has 12 heterocycles. The summed E-state index contributed by atoms with van der Waals surface area (Å²) in [5.74, 6) is 1.50. The van der Waals surface area contributed by atoms with Crippen molar-refractivity contribution >= 4 is 115 Å². The minimum atomic E-state index is -1.27. The van der Waals surface area contributed by atoms with Crippen molar-refractivity contribution in [3.63, 3.8) is 0 Å². The van der Waals surface area contributed by atoms with E-state index in [4.69, 9.17) is 23.7 Å². The average molecular weight is 1560 g/mol. The van der Waals surface area contributed by atoms with Gasteiger partial charge in [0.15, 0.2) is 69.6 Å². The van der Waals surface area contributed by atoms with E-state index < -0.39 is 120 Å². The van der Waals surface area contributed by atoms with Gasteiger partial charge < -0.3 is 80.4 Å². The standard InChI is InChI=1S/C18H30N5O4P.C17H28N5O4P.C16H26N5O4P.C16H25N4O4P/c1-5-6-8-19-18-21-15-12(16(26)22-18)20-10-23(15)17-14(25)13(24)11(27-17)7-9-28(2,3)4;1-5-7-18-17-20-14-11(15(25)21-17)19-9-22(14)16-13(24)12(23)10(26-16)6-8-27(2,3)4;1-5-17-16-19-13-10(14(24)20-16)18-8-21(13)15-12(23)11(22)9(25-15)6-7-26(2,3)4;1-9-18-14-11(15(22)19-9)17-8-20(14)16-13(23-2)12(21)10(24-16)6-7-25(3,4)5/h10-11,13-14,17,24-25H,2,5-9H2,1,3-4H3,(H2,19,21,22,26);9-10,12-13,16,23-24H,2,5-8H2,1,3-4H3,(H2,18,20,21,25);8-9,11-12,15,22-23H,2,5-7H2,1,3-4H3,(H2,17,19,20,24);8,10,12-13,16,21H,3,6-7H2,1-2,4-5H3,(H,18,19,22)/t11-,13-,14-,17-;10-,12-,13-,16-;9-,11-,12-,15-;10-,12-,13-,16-/m1111/s1. The number of rotatable bonds is 26. The van der Waals surface area contributed by atoms with Crippen LogP contribution in [0, 0.1) is 6.92 Å². The minimum absolute atomic E-state index is 0.158. The van der Waals surface area contributed by atoms with E-state index in [-0.39, 0.29) is 50.4 Å². The number of H-pyrrole nitrogens is 4. The summed E-state index contributed by atoms with van der Waals surface area (Å²) >= 11 is 0. The Morgan fingerprint density at radius 2 is 0.736 bits per heavy atom. The molecule has 35 nitrogen and oxygen atoms in total. The lowest BCUT2D eigenvalue weighted by Crippen LogP contribution is -2.33. The van der Waals surface area contributed by atoms with Crippen molar-refractivity contribution in [3.05, 3.63) is 72.5 Å². The summed E-state index contributed by atoms with van der Waals surface area (Å²) in [7, 11) is 1.54. The first-order valence-corrected chi connectivity index (χ1v) is 47.7. The van der Waals surface area contributed by atoms with Crippen LogP contribution in [-0.4, -0.2) is 317 Å². The predicted octanol–water partition coefficient (Wildman–Crippen LogP) is 2.78. The molecule has 4 saturated heterocycles. The summed E-state index contributed by atoms with van der Waals surface area (Å²) in [6, 6.07) is 0. The Balaban J connectivity index is 0.000000164. The SMILES string of the molecule is C=P(C)(C)CC[C@H]1O[C@@H](n2cnc3c(=O)[nH]c(C)nc32)[C@H](OC)[C@@H]1O.C=P(C)(C)CC[C@H]1O[C@@H](n2cnc3c(=O)[nH]c(NCC)nc32)[C@H](O)[C@@H]1O.C=P(C)(C)CC[C@H]1O[C@@H](n2cnc3c(=O)[nH]c(NCCC)nc32)[C@H](O)[C@@H]1O.C=P(C)(C)CC[C@H]1O[C@@H](n2cnc3c(=O)[nH]c(NCCCC)nc32)[C@H](O)[C@@H]1O. The molecular formula is C67H109N19O16P4. The molecule has 588 valence electrons. The number of aromatic nitrogens is 16. The van der Waals surface area contributed by atoms with Crippen LogP contribution in [0.3, 0.4) is 0 Å². The molecule has 0 aliphatic carbocycles. The van der Waals surface area contributed by atoms with E-state index in [1.54, 1.807) is 11.5 Å². The normalized spacial score (nSPS) is 26.3. The fourth-order valence-electron chi connectivity index (χ4n) is 12.5. The third-order valence-electron chi connectivity index (χ3n) is 18.3. The molecule has 39 heteroatoms. The van der Waals surface area contributed by atoms with E-state index in [0.29, 0.717) is 91.6 Å². The van der Waals surface area contributed by atoms with E-state index in [1.807, 2.05) is 13.8 Å². The van der Waals surface area contributed by atoms with Gasteiger partial charge >= 0.3 is 0 Å². The van der Waals surface area contributed by atoms with Gasteiger partial charge in [0.05, 0.1) is 49.7 Å². The molecule has 8 aromatic rings. The zero-order valence-corrected chi connectivity index (χ0v) is 66.3. The molecule has 12 rings (SSSR count). The predicted molar refractivity (Wildman–Crippen MR) is 424 cm³/mol. The van der Waals surface area contributed by atoms with Crippen LogP contribution < -0.4 is 38.2 Å². The third-order valence-corrected chi connectivity index (χ3v) is 24.2. The van der Waals surface area contributed by atoms with E-state index >= 15 is 0 Å². The summed E-state index contributed by atoms with van der Waals surface area (Å²) in [4.78, 5) is 93.3. The van der Waals surface area contributed by atoms with Crippen LogP contribution in [0.2, 0.25) is 0 Å². The number of imidazole rings is 4. The van der Waals surface area contributed by atoms with Gasteiger partial charge in [-0.05, 0) is 130 Å². The minimum Gasteiger partial charge on any atom is -0.388 e. The highest BCUT2D eigenvalue weighted by Gasteiger charge is 2.48. The Kier molecular flexibility index (Phi) is 27.6. The first kappa shape index (κ1) is 83.6. The lowest BCUT2D eigenvalue weighted by Gasteiger charge is -2.20. The number of nitrogens with zero attached hydrogens (tertiary/aromatic N) is 12. The number of aliphatic hydroxyl groups is 7. The van der Waals surface area contributed by atoms with Crippen LogP contribution in [0.15, 0.2) is 44.5 Å². The highest BCUT2D eigenvalue weighted by Crippen LogP contribution is 2.44. The number of aromatic amines is 4. The molecule has 0 amide bonds. The van der Waals surface area contributed by atoms with Gasteiger partial charge in [-0.3, -0.25) is 52.4 Å². The molecule has 0 spiro atoms. The zero-order chi connectivity index (χ0) is 77.7. The smallest absolute Gasteiger partial charge is 0.280 e. The van der Waals surface area contributed by atoms with Crippen molar-refractivity contribution in [1.82, 2.24) is 78.1 Å². The van der Waals surface area contributed by atoms with Crippen LogP contribution in [0.4, 0.5) is 17.8 Å². The molecule has 0 bridgehead atoms. The molecule has 4 aliphatic heterocycles. The molecule has 8 aromatic heterocycles. The molecule has 14 N–H and O–H groups in total. The second-order valence-corrected chi connectivity index (χ2v) is 47.4. The van der Waals surface area contributed by atoms with Crippen LogP contribution in [-0.2, 0) is 23.7 Å². The van der Waals surface area contributed by atoms with Gasteiger partial charge in [0, 0.05) is 26.7 Å². The maximum absolute atomic E-state index is 12.3. The molecule has 0 saturated carbocycles. The van der Waals surface area contributed by atoms with E-state index in [9.17, 15) is 54.9 Å². The molecular weight excluding hydrogens is 1450 g/mol. The second kappa shape index (κ2) is 35.0. The maximum Gasteiger partial charge on any atom is 0.280 e. The van der Waals surface area contributed by atoms with Crippen molar-refractivity contribution in [2.45, 2.75) is 171 Å². The summed E-state index contributed by atoms with van der Waals surface area (Å²) in [5.41, 5.74) is 0.655. The van der Waals surface area contributed by atoms with Crippen LogP contribution in [0.1, 0.15) is 96.5 Å².